The monoisotopic (exact) mass is 531 g/mol. The number of β-amino-alcohol motifs (C(OH)–C–C–N with tert-alkyl or cyclic N) is 1. The van der Waals surface area contributed by atoms with Crippen molar-refractivity contribution in [2.45, 2.75) is 12.1 Å². The number of aliphatic hydroxyl groups is 1. The van der Waals surface area contributed by atoms with Crippen LogP contribution in [0.5, 0.6) is 5.75 Å². The Labute approximate surface area is 225 Å². The molecule has 3 aliphatic rings. The smallest absolute Gasteiger partial charge is 0.339 e. The molecule has 0 saturated carbocycles. The number of rotatable bonds is 8. The second-order valence-corrected chi connectivity index (χ2v) is 10.3. The number of anilines is 1. The zero-order valence-electron chi connectivity index (χ0n) is 21.4. The van der Waals surface area contributed by atoms with E-state index in [4.69, 9.17) is 4.74 Å². The maximum atomic E-state index is 15.2. The molecule has 0 spiro atoms. The van der Waals surface area contributed by atoms with Gasteiger partial charge in [-0.1, -0.05) is 30.3 Å². The van der Waals surface area contributed by atoms with Crippen LogP contribution in [0, 0.1) is 5.82 Å². The average Bonchev–Trinajstić information content (AvgIpc) is 3.78. The zero-order chi connectivity index (χ0) is 27.1. The Kier molecular flexibility index (Phi) is 6.80. The molecule has 3 aromatic rings. The highest BCUT2D eigenvalue weighted by Gasteiger charge is 2.38. The fourth-order valence-corrected chi connectivity index (χ4v) is 5.51. The topological polar surface area (TPSA) is 93.3 Å². The summed E-state index contributed by atoms with van der Waals surface area (Å²) >= 11 is 0. The van der Waals surface area contributed by atoms with Gasteiger partial charge in [-0.15, -0.1) is 0 Å². The second kappa shape index (κ2) is 10.4. The van der Waals surface area contributed by atoms with Crippen LogP contribution >= 0.6 is 0 Å². The number of ketones is 1. The lowest BCUT2D eigenvalue weighted by Crippen LogP contribution is -2.49. The van der Waals surface area contributed by atoms with Crippen LogP contribution in [0.1, 0.15) is 22.0 Å². The summed E-state index contributed by atoms with van der Waals surface area (Å²) in [5.74, 6) is -1.76. The van der Waals surface area contributed by atoms with Crippen molar-refractivity contribution < 1.29 is 28.9 Å². The van der Waals surface area contributed by atoms with Gasteiger partial charge in [0.05, 0.1) is 11.7 Å². The number of aliphatic hydroxyl groups excluding tert-OH is 1. The van der Waals surface area contributed by atoms with Gasteiger partial charge >= 0.3 is 5.97 Å². The third-order valence-corrected chi connectivity index (χ3v) is 7.70. The molecule has 2 aliphatic heterocycles. The lowest BCUT2D eigenvalue weighted by atomic mass is 9.86. The second-order valence-electron chi connectivity index (χ2n) is 10.3. The Morgan fingerprint density at radius 1 is 1.00 bits per heavy atom. The van der Waals surface area contributed by atoms with Crippen molar-refractivity contribution >= 4 is 28.2 Å². The Morgan fingerprint density at radius 2 is 1.74 bits per heavy atom. The molecule has 0 radical (unpaired) electrons. The number of carbonyl (C=O) groups excluding carboxylic acids is 1. The van der Waals surface area contributed by atoms with Crippen LogP contribution in [-0.4, -0.2) is 90.3 Å². The van der Waals surface area contributed by atoms with Crippen LogP contribution < -0.4 is 9.64 Å². The van der Waals surface area contributed by atoms with E-state index in [0.717, 1.165) is 23.9 Å². The van der Waals surface area contributed by atoms with Crippen LogP contribution in [0.15, 0.2) is 66.2 Å². The molecule has 2 N–H and O–H groups in total. The molecule has 3 aromatic carbocycles. The fraction of sp³-hybridized carbons (Fsp3) is 0.333. The molecule has 8 nitrogen and oxygen atoms in total. The molecule has 2 fully saturated rings. The molecule has 2 atom stereocenters. The number of carbonyl (C=O) groups is 2. The molecule has 0 aromatic heterocycles. The fourth-order valence-electron chi connectivity index (χ4n) is 5.51. The molecule has 0 bridgehead atoms. The lowest BCUT2D eigenvalue weighted by Gasteiger charge is -2.37. The number of nitrogens with zero attached hydrogens (tertiary/aromatic N) is 3. The number of carboxylic acid groups (broad SMARTS) is 1. The minimum absolute atomic E-state index is 0.126. The van der Waals surface area contributed by atoms with E-state index in [9.17, 15) is 19.8 Å². The first-order chi connectivity index (χ1) is 18.9. The molecular formula is C30H30FN3O5. The summed E-state index contributed by atoms with van der Waals surface area (Å²) in [5, 5.41) is 22.3. The first kappa shape index (κ1) is 25.5. The summed E-state index contributed by atoms with van der Waals surface area (Å²) in [6.07, 6.45) is 0.819. The van der Waals surface area contributed by atoms with E-state index in [1.54, 1.807) is 6.07 Å². The molecule has 1 aliphatic carbocycles. The first-order valence-corrected chi connectivity index (χ1v) is 13.2. The van der Waals surface area contributed by atoms with Gasteiger partial charge in [0.1, 0.15) is 29.9 Å². The van der Waals surface area contributed by atoms with Gasteiger partial charge in [0.2, 0.25) is 5.78 Å². The van der Waals surface area contributed by atoms with Crippen molar-refractivity contribution in [3.63, 3.8) is 0 Å². The number of fused-ring (bicyclic) bond motifs is 2. The predicted octanol–water partition coefficient (Wildman–Crippen LogP) is 3.10. The molecule has 0 amide bonds. The highest BCUT2D eigenvalue weighted by Crippen LogP contribution is 2.39. The van der Waals surface area contributed by atoms with Gasteiger partial charge in [0.25, 0.3) is 0 Å². The Bertz CT molecular complexity index is 1460. The predicted molar refractivity (Wildman–Crippen MR) is 145 cm³/mol. The molecule has 2 heterocycles. The molecule has 2 unspecified atom stereocenters. The van der Waals surface area contributed by atoms with Gasteiger partial charge in [0, 0.05) is 51.4 Å². The number of hydrogen-bond acceptors (Lipinski definition) is 7. The van der Waals surface area contributed by atoms with Gasteiger partial charge in [-0.2, -0.15) is 0 Å². The van der Waals surface area contributed by atoms with Crippen molar-refractivity contribution in [3.05, 3.63) is 83.2 Å². The van der Waals surface area contributed by atoms with Crippen LogP contribution in [0.4, 0.5) is 10.1 Å². The number of piperazine rings is 1. The third-order valence-electron chi connectivity index (χ3n) is 7.70. The summed E-state index contributed by atoms with van der Waals surface area (Å²) in [5.41, 5.74) is 0.896. The van der Waals surface area contributed by atoms with E-state index in [1.165, 1.54) is 12.1 Å². The molecule has 9 heteroatoms. The summed E-state index contributed by atoms with van der Waals surface area (Å²) in [4.78, 5) is 30.5. The van der Waals surface area contributed by atoms with Gasteiger partial charge in [-0.3, -0.25) is 14.6 Å². The van der Waals surface area contributed by atoms with Gasteiger partial charge in [-0.25, -0.2) is 9.18 Å². The van der Waals surface area contributed by atoms with Crippen molar-refractivity contribution in [1.29, 1.82) is 0 Å². The summed E-state index contributed by atoms with van der Waals surface area (Å²) in [7, 11) is 0. The van der Waals surface area contributed by atoms with Crippen molar-refractivity contribution in [3.8, 4) is 5.75 Å². The Balaban J connectivity index is 1.07. The first-order valence-electron chi connectivity index (χ1n) is 13.2. The number of aliphatic carboxylic acids is 1. The Morgan fingerprint density at radius 3 is 2.46 bits per heavy atom. The minimum atomic E-state index is -1.29. The summed E-state index contributed by atoms with van der Waals surface area (Å²) in [6.45, 7) is 4.64. The quantitative estimate of drug-likeness (QED) is 0.339. The maximum Gasteiger partial charge on any atom is 0.339 e. The molecule has 39 heavy (non-hydrogen) atoms. The number of hydrogen-bond donors (Lipinski definition) is 2. The van der Waals surface area contributed by atoms with Gasteiger partial charge in [-0.05, 0) is 46.7 Å². The van der Waals surface area contributed by atoms with Crippen LogP contribution in [0.2, 0.25) is 0 Å². The van der Waals surface area contributed by atoms with Crippen LogP contribution in [0.3, 0.4) is 0 Å². The molecule has 2 saturated heterocycles. The van der Waals surface area contributed by atoms with Crippen molar-refractivity contribution in [2.24, 2.45) is 0 Å². The molecule has 6 rings (SSSR count). The normalized spacial score (nSPS) is 20.5. The number of carboxylic acids is 1. The van der Waals surface area contributed by atoms with Crippen molar-refractivity contribution in [1.82, 2.24) is 9.80 Å². The standard InChI is InChI=1S/C30H30FN3O5/c31-26-14-24-23(27(33-11-12-33)16-25(29(24)36)30(37)38)15-28(26)34-9-7-32(8-10-34)17-21(35)18-39-22-6-5-19-3-1-2-4-20(19)13-22/h1-6,13-16,21,27,35H,7-12,17-18H2,(H,37,38). The highest BCUT2D eigenvalue weighted by atomic mass is 19.1. The van der Waals surface area contributed by atoms with E-state index in [-0.39, 0.29) is 23.8 Å². The maximum absolute atomic E-state index is 15.2. The summed E-state index contributed by atoms with van der Waals surface area (Å²) in [6, 6.07) is 16.5. The number of halogens is 1. The minimum Gasteiger partial charge on any atom is -0.491 e. The van der Waals surface area contributed by atoms with Crippen LogP contribution in [0.25, 0.3) is 10.8 Å². The van der Waals surface area contributed by atoms with Gasteiger partial charge < -0.3 is 19.8 Å². The van der Waals surface area contributed by atoms with Crippen LogP contribution in [-0.2, 0) is 4.79 Å². The molecule has 202 valence electrons. The van der Waals surface area contributed by atoms with Crippen molar-refractivity contribution in [2.75, 3.05) is 57.3 Å². The van der Waals surface area contributed by atoms with Gasteiger partial charge in [0.15, 0.2) is 0 Å². The molecular weight excluding hydrogens is 501 g/mol. The van der Waals surface area contributed by atoms with E-state index < -0.39 is 23.7 Å². The SMILES string of the molecule is O=C(O)C1=CC(N2CC2)c2cc(N3CCN(CC(O)COc4ccc5ccccc5c4)CC3)c(F)cc2C1=O. The van der Waals surface area contributed by atoms with E-state index in [0.29, 0.717) is 49.7 Å². The van der Waals surface area contributed by atoms with E-state index in [2.05, 4.69) is 9.80 Å². The largest absolute Gasteiger partial charge is 0.491 e. The number of Topliss-reactive ketones (excluding diaryl/α,β-unsaturated/α-hetero) is 1. The summed E-state index contributed by atoms with van der Waals surface area (Å²) < 4.78 is 21.1. The number of ether oxygens (including phenoxy) is 1. The zero-order valence-corrected chi connectivity index (χ0v) is 21.4. The Hall–Kier alpha value is -3.79. The lowest BCUT2D eigenvalue weighted by molar-refractivity contribution is -0.132. The third kappa shape index (κ3) is 5.25. The van der Waals surface area contributed by atoms with E-state index in [1.807, 2.05) is 47.4 Å². The number of benzene rings is 3. The highest BCUT2D eigenvalue weighted by molar-refractivity contribution is 6.25. The van der Waals surface area contributed by atoms with E-state index >= 15 is 4.39 Å². The average molecular weight is 532 g/mol.